The Morgan fingerprint density at radius 3 is 2.62 bits per heavy atom. The first-order valence-electron chi connectivity index (χ1n) is 9.67. The van der Waals surface area contributed by atoms with E-state index in [0.717, 1.165) is 54.4 Å². The maximum absolute atomic E-state index is 12.4. The topological polar surface area (TPSA) is 85.2 Å². The molecule has 150 valence electrons. The molecule has 1 saturated heterocycles. The molecule has 1 aromatic heterocycles. The van der Waals surface area contributed by atoms with Gasteiger partial charge in [0.05, 0.1) is 13.2 Å². The van der Waals surface area contributed by atoms with Gasteiger partial charge in [-0.25, -0.2) is 0 Å². The number of nitrogens with zero attached hydrogens (tertiary/aromatic N) is 5. The van der Waals surface area contributed by atoms with Crippen LogP contribution in [0.15, 0.2) is 42.5 Å². The highest BCUT2D eigenvalue weighted by Gasteiger charge is 2.13. The van der Waals surface area contributed by atoms with Crippen LogP contribution in [0.5, 0.6) is 0 Å². The smallest absolute Gasteiger partial charge is 0.248 e. The van der Waals surface area contributed by atoms with Crippen molar-refractivity contribution in [1.82, 2.24) is 20.2 Å². The number of nitrogens with one attached hydrogen (secondary N) is 1. The molecule has 0 bridgehead atoms. The maximum Gasteiger partial charge on any atom is 0.248 e. The zero-order chi connectivity index (χ0) is 20.2. The molecule has 1 N–H and O–H groups in total. The minimum atomic E-state index is -0.190. The normalized spacial score (nSPS) is 14.1. The Labute approximate surface area is 169 Å². The van der Waals surface area contributed by atoms with Crippen molar-refractivity contribution in [3.63, 3.8) is 0 Å². The number of hydrogen-bond acceptors (Lipinski definition) is 6. The summed E-state index contributed by atoms with van der Waals surface area (Å²) in [5.74, 6) is 0.309. The van der Waals surface area contributed by atoms with Crippen LogP contribution in [-0.4, -0.2) is 52.4 Å². The number of hydrogen-bond donors (Lipinski definition) is 1. The van der Waals surface area contributed by atoms with Gasteiger partial charge in [-0.05, 0) is 60.5 Å². The first-order valence-corrected chi connectivity index (χ1v) is 9.67. The SMILES string of the molecule is Cc1cccc(NC(=O)Cn2nnc(-c3ccc(N4CCOCC4)cc3)n2)c1C. The number of benzene rings is 2. The van der Waals surface area contributed by atoms with Crippen LogP contribution in [0, 0.1) is 13.8 Å². The van der Waals surface area contributed by atoms with E-state index in [0.29, 0.717) is 5.82 Å². The van der Waals surface area contributed by atoms with E-state index in [1.54, 1.807) is 0 Å². The maximum atomic E-state index is 12.4. The molecule has 0 radical (unpaired) electrons. The predicted octanol–water partition coefficient (Wildman–Crippen LogP) is 2.43. The molecular weight excluding hydrogens is 368 g/mol. The highest BCUT2D eigenvalue weighted by molar-refractivity contribution is 5.91. The molecule has 2 aromatic carbocycles. The van der Waals surface area contributed by atoms with Gasteiger partial charge in [-0.2, -0.15) is 4.80 Å². The monoisotopic (exact) mass is 392 g/mol. The zero-order valence-electron chi connectivity index (χ0n) is 16.6. The van der Waals surface area contributed by atoms with Crippen molar-refractivity contribution in [2.24, 2.45) is 0 Å². The van der Waals surface area contributed by atoms with E-state index in [9.17, 15) is 4.79 Å². The molecule has 4 rings (SSSR count). The summed E-state index contributed by atoms with van der Waals surface area (Å²) in [5.41, 5.74) is 4.99. The fourth-order valence-electron chi connectivity index (χ4n) is 3.27. The highest BCUT2D eigenvalue weighted by atomic mass is 16.5. The molecule has 0 unspecified atom stereocenters. The minimum absolute atomic E-state index is 0.00619. The van der Waals surface area contributed by atoms with Gasteiger partial charge in [0.15, 0.2) is 0 Å². The number of amides is 1. The lowest BCUT2D eigenvalue weighted by atomic mass is 10.1. The largest absolute Gasteiger partial charge is 0.378 e. The molecule has 1 aliphatic heterocycles. The van der Waals surface area contributed by atoms with Crippen molar-refractivity contribution < 1.29 is 9.53 Å². The van der Waals surface area contributed by atoms with Crippen LogP contribution >= 0.6 is 0 Å². The number of aryl methyl sites for hydroxylation is 1. The third-order valence-corrected chi connectivity index (χ3v) is 5.12. The molecule has 8 nitrogen and oxygen atoms in total. The van der Waals surface area contributed by atoms with Gasteiger partial charge < -0.3 is 15.0 Å². The van der Waals surface area contributed by atoms with Crippen molar-refractivity contribution >= 4 is 17.3 Å². The van der Waals surface area contributed by atoms with Crippen LogP contribution in [0.1, 0.15) is 11.1 Å². The van der Waals surface area contributed by atoms with Crippen LogP contribution in [0.3, 0.4) is 0 Å². The summed E-state index contributed by atoms with van der Waals surface area (Å²) < 4.78 is 5.39. The predicted molar refractivity (Wildman–Crippen MR) is 111 cm³/mol. The first-order chi connectivity index (χ1) is 14.1. The second kappa shape index (κ2) is 8.40. The summed E-state index contributed by atoms with van der Waals surface area (Å²) in [4.78, 5) is 16.0. The van der Waals surface area contributed by atoms with Crippen molar-refractivity contribution in [2.75, 3.05) is 36.5 Å². The van der Waals surface area contributed by atoms with Crippen molar-refractivity contribution in [2.45, 2.75) is 20.4 Å². The van der Waals surface area contributed by atoms with Gasteiger partial charge in [0.1, 0.15) is 6.54 Å². The standard InChI is InChI=1S/C21H24N6O2/c1-15-4-3-5-19(16(15)2)22-20(28)14-27-24-21(23-25-27)17-6-8-18(9-7-17)26-10-12-29-13-11-26/h3-9H,10-14H2,1-2H3,(H,22,28). The number of carbonyl (C=O) groups excluding carboxylic acids is 1. The number of tetrazole rings is 1. The molecule has 2 heterocycles. The average molecular weight is 392 g/mol. The van der Waals surface area contributed by atoms with E-state index in [1.807, 2.05) is 44.2 Å². The molecule has 1 amide bonds. The van der Waals surface area contributed by atoms with Crippen LogP contribution in [0.4, 0.5) is 11.4 Å². The second-order valence-electron chi connectivity index (χ2n) is 7.09. The van der Waals surface area contributed by atoms with Crippen molar-refractivity contribution in [1.29, 1.82) is 0 Å². The van der Waals surface area contributed by atoms with Gasteiger partial charge in [0.25, 0.3) is 0 Å². The van der Waals surface area contributed by atoms with E-state index >= 15 is 0 Å². The summed E-state index contributed by atoms with van der Waals surface area (Å²) in [7, 11) is 0. The Morgan fingerprint density at radius 2 is 1.86 bits per heavy atom. The van der Waals surface area contributed by atoms with Gasteiger partial charge in [0.2, 0.25) is 11.7 Å². The van der Waals surface area contributed by atoms with Crippen LogP contribution in [0.25, 0.3) is 11.4 Å². The third-order valence-electron chi connectivity index (χ3n) is 5.12. The summed E-state index contributed by atoms with van der Waals surface area (Å²) in [5, 5.41) is 15.4. The van der Waals surface area contributed by atoms with E-state index < -0.39 is 0 Å². The number of anilines is 2. The van der Waals surface area contributed by atoms with E-state index in [4.69, 9.17) is 4.74 Å². The number of carbonyl (C=O) groups is 1. The van der Waals surface area contributed by atoms with Crippen LogP contribution < -0.4 is 10.2 Å². The summed E-state index contributed by atoms with van der Waals surface area (Å²) in [6, 6.07) is 13.9. The quantitative estimate of drug-likeness (QED) is 0.718. The average Bonchev–Trinajstić information content (AvgIpc) is 3.20. The van der Waals surface area contributed by atoms with Crippen LogP contribution in [-0.2, 0) is 16.1 Å². The Kier molecular flexibility index (Phi) is 5.53. The molecule has 1 fully saturated rings. The number of morpholine rings is 1. The van der Waals surface area contributed by atoms with Gasteiger partial charge >= 0.3 is 0 Å². The molecule has 8 heteroatoms. The van der Waals surface area contributed by atoms with Crippen molar-refractivity contribution in [3.05, 3.63) is 53.6 Å². The zero-order valence-corrected chi connectivity index (χ0v) is 16.6. The second-order valence-corrected chi connectivity index (χ2v) is 7.09. The number of aromatic nitrogens is 4. The lowest BCUT2D eigenvalue weighted by molar-refractivity contribution is -0.117. The van der Waals surface area contributed by atoms with Gasteiger partial charge in [-0.1, -0.05) is 12.1 Å². The summed E-state index contributed by atoms with van der Waals surface area (Å²) >= 11 is 0. The van der Waals surface area contributed by atoms with E-state index in [2.05, 4.69) is 37.8 Å². The molecule has 0 spiro atoms. The third kappa shape index (κ3) is 4.43. The van der Waals surface area contributed by atoms with Gasteiger partial charge in [-0.15, -0.1) is 10.2 Å². The lowest BCUT2D eigenvalue weighted by Gasteiger charge is -2.28. The number of rotatable bonds is 5. The Bertz CT molecular complexity index is 993. The first kappa shape index (κ1) is 19.1. The Balaban J connectivity index is 1.40. The van der Waals surface area contributed by atoms with E-state index in [1.165, 1.54) is 4.80 Å². The molecule has 0 atom stereocenters. The molecule has 29 heavy (non-hydrogen) atoms. The molecule has 1 aliphatic rings. The molecule has 0 aliphatic carbocycles. The summed E-state index contributed by atoms with van der Waals surface area (Å²) in [6.07, 6.45) is 0. The molecular formula is C21H24N6O2. The number of ether oxygens (including phenoxy) is 1. The molecule has 3 aromatic rings. The van der Waals surface area contributed by atoms with E-state index in [-0.39, 0.29) is 12.5 Å². The van der Waals surface area contributed by atoms with Gasteiger partial charge in [-0.3, -0.25) is 4.79 Å². The fraction of sp³-hybridized carbons (Fsp3) is 0.333. The molecule has 0 saturated carbocycles. The van der Waals surface area contributed by atoms with Crippen LogP contribution in [0.2, 0.25) is 0 Å². The minimum Gasteiger partial charge on any atom is -0.378 e. The summed E-state index contributed by atoms with van der Waals surface area (Å²) in [6.45, 7) is 7.29. The Hall–Kier alpha value is -3.26. The highest BCUT2D eigenvalue weighted by Crippen LogP contribution is 2.21. The van der Waals surface area contributed by atoms with Crippen molar-refractivity contribution in [3.8, 4) is 11.4 Å². The fourth-order valence-corrected chi connectivity index (χ4v) is 3.27. The Morgan fingerprint density at radius 1 is 1.10 bits per heavy atom. The van der Waals surface area contributed by atoms with Gasteiger partial charge in [0, 0.05) is 30.0 Å². The lowest BCUT2D eigenvalue weighted by Crippen LogP contribution is -2.36.